The summed E-state index contributed by atoms with van der Waals surface area (Å²) in [7, 11) is 0. The van der Waals surface area contributed by atoms with Gasteiger partial charge in [-0.15, -0.1) is 0 Å². The van der Waals surface area contributed by atoms with Crippen LogP contribution in [0.15, 0.2) is 36.4 Å². The van der Waals surface area contributed by atoms with Gasteiger partial charge in [-0.3, -0.25) is 4.79 Å². The highest BCUT2D eigenvalue weighted by atomic mass is 16.2. The second-order valence-corrected chi connectivity index (χ2v) is 5.22. The molecule has 3 rings (SSSR count). The zero-order valence-corrected chi connectivity index (χ0v) is 11.5. The fraction of sp³-hybridized carbons (Fsp3) is 0.333. The Morgan fingerprint density at radius 3 is 2.75 bits per heavy atom. The van der Waals surface area contributed by atoms with Gasteiger partial charge < -0.3 is 10.6 Å². The molecule has 1 aromatic heterocycles. The van der Waals surface area contributed by atoms with Crippen LogP contribution in [-0.2, 0) is 0 Å². The predicted octanol–water partition coefficient (Wildman–Crippen LogP) is 1.35. The Bertz CT molecular complexity index is 620. The first kappa shape index (κ1) is 12.9. The van der Waals surface area contributed by atoms with E-state index in [9.17, 15) is 4.79 Å². The fourth-order valence-corrected chi connectivity index (χ4v) is 2.54. The SMILES string of the molecule is Cc1cc(C(=O)N2CC[C@@H](N)C2)nn1-c1ccccc1. The third-order valence-electron chi connectivity index (χ3n) is 3.62. The van der Waals surface area contributed by atoms with Crippen LogP contribution in [0.2, 0.25) is 0 Å². The van der Waals surface area contributed by atoms with Gasteiger partial charge in [0.15, 0.2) is 5.69 Å². The molecule has 0 spiro atoms. The summed E-state index contributed by atoms with van der Waals surface area (Å²) in [5, 5.41) is 4.43. The van der Waals surface area contributed by atoms with Crippen molar-refractivity contribution in [3.05, 3.63) is 47.8 Å². The van der Waals surface area contributed by atoms with Crippen LogP contribution in [0.5, 0.6) is 0 Å². The van der Waals surface area contributed by atoms with Gasteiger partial charge in [0, 0.05) is 24.8 Å². The van der Waals surface area contributed by atoms with Crippen molar-refractivity contribution in [2.75, 3.05) is 13.1 Å². The van der Waals surface area contributed by atoms with Crippen LogP contribution in [-0.4, -0.2) is 39.7 Å². The molecule has 0 aliphatic carbocycles. The molecule has 1 aromatic carbocycles. The molecular weight excluding hydrogens is 252 g/mol. The molecular formula is C15H18N4O. The molecule has 0 radical (unpaired) electrons. The summed E-state index contributed by atoms with van der Waals surface area (Å²) in [5.74, 6) is -0.0317. The minimum absolute atomic E-state index is 0.0317. The standard InChI is InChI=1S/C15H18N4O/c1-11-9-14(15(20)18-8-7-12(16)10-18)17-19(11)13-5-3-2-4-6-13/h2-6,9,12H,7-8,10,16H2,1H3/t12-/m1/s1. The molecule has 1 aliphatic rings. The number of aromatic nitrogens is 2. The number of carbonyl (C=O) groups excluding carboxylic acids is 1. The highest BCUT2D eigenvalue weighted by molar-refractivity contribution is 5.92. The summed E-state index contributed by atoms with van der Waals surface area (Å²) in [6.07, 6.45) is 0.865. The zero-order chi connectivity index (χ0) is 14.1. The molecule has 5 nitrogen and oxygen atoms in total. The van der Waals surface area contributed by atoms with E-state index in [1.807, 2.05) is 43.3 Å². The van der Waals surface area contributed by atoms with Crippen LogP contribution in [0.3, 0.4) is 0 Å². The number of aryl methyl sites for hydroxylation is 1. The Morgan fingerprint density at radius 2 is 2.10 bits per heavy atom. The highest BCUT2D eigenvalue weighted by Gasteiger charge is 2.26. The molecule has 1 amide bonds. The quantitative estimate of drug-likeness (QED) is 0.896. The van der Waals surface area contributed by atoms with Gasteiger partial charge in [-0.2, -0.15) is 5.10 Å². The summed E-state index contributed by atoms with van der Waals surface area (Å²) in [6.45, 7) is 3.29. The number of likely N-dealkylation sites (tertiary alicyclic amines) is 1. The molecule has 5 heteroatoms. The lowest BCUT2D eigenvalue weighted by atomic mass is 10.3. The van der Waals surface area contributed by atoms with E-state index >= 15 is 0 Å². The maximum absolute atomic E-state index is 12.4. The number of para-hydroxylation sites is 1. The number of benzene rings is 1. The lowest BCUT2D eigenvalue weighted by molar-refractivity contribution is 0.0784. The summed E-state index contributed by atoms with van der Waals surface area (Å²) < 4.78 is 1.79. The van der Waals surface area contributed by atoms with Gasteiger partial charge >= 0.3 is 0 Å². The predicted molar refractivity (Wildman–Crippen MR) is 76.8 cm³/mol. The highest BCUT2D eigenvalue weighted by Crippen LogP contribution is 2.15. The van der Waals surface area contributed by atoms with E-state index in [2.05, 4.69) is 5.10 Å². The molecule has 104 valence electrons. The van der Waals surface area contributed by atoms with Crippen molar-refractivity contribution in [1.82, 2.24) is 14.7 Å². The molecule has 0 saturated carbocycles. The van der Waals surface area contributed by atoms with Crippen molar-refractivity contribution in [2.45, 2.75) is 19.4 Å². The molecule has 2 heterocycles. The molecule has 2 aromatic rings. The van der Waals surface area contributed by atoms with Crippen LogP contribution in [0, 0.1) is 6.92 Å². The van der Waals surface area contributed by atoms with Crippen molar-refractivity contribution in [2.24, 2.45) is 5.73 Å². The summed E-state index contributed by atoms with van der Waals surface area (Å²) in [4.78, 5) is 14.2. The third-order valence-corrected chi connectivity index (χ3v) is 3.62. The number of nitrogens with zero attached hydrogens (tertiary/aromatic N) is 3. The number of amides is 1. The van der Waals surface area contributed by atoms with E-state index in [1.165, 1.54) is 0 Å². The van der Waals surface area contributed by atoms with E-state index in [0.29, 0.717) is 12.2 Å². The summed E-state index contributed by atoms with van der Waals surface area (Å²) in [5.41, 5.74) is 8.24. The first-order valence-electron chi connectivity index (χ1n) is 6.82. The lowest BCUT2D eigenvalue weighted by Gasteiger charge is -2.13. The average molecular weight is 270 g/mol. The van der Waals surface area contributed by atoms with Crippen LogP contribution in [0.1, 0.15) is 22.6 Å². The zero-order valence-electron chi connectivity index (χ0n) is 11.5. The third kappa shape index (κ3) is 2.32. The van der Waals surface area contributed by atoms with Gasteiger partial charge in [0.25, 0.3) is 5.91 Å². The molecule has 2 N–H and O–H groups in total. The fourth-order valence-electron chi connectivity index (χ4n) is 2.54. The molecule has 20 heavy (non-hydrogen) atoms. The second-order valence-electron chi connectivity index (χ2n) is 5.22. The van der Waals surface area contributed by atoms with Crippen molar-refractivity contribution in [1.29, 1.82) is 0 Å². The van der Waals surface area contributed by atoms with Crippen molar-refractivity contribution in [3.63, 3.8) is 0 Å². The van der Waals surface area contributed by atoms with Crippen LogP contribution in [0.4, 0.5) is 0 Å². The minimum Gasteiger partial charge on any atom is -0.336 e. The number of hydrogen-bond donors (Lipinski definition) is 1. The smallest absolute Gasteiger partial charge is 0.274 e. The average Bonchev–Trinajstić information content (AvgIpc) is 3.05. The first-order chi connectivity index (χ1) is 9.65. The molecule has 1 aliphatic heterocycles. The van der Waals surface area contributed by atoms with Crippen LogP contribution >= 0.6 is 0 Å². The van der Waals surface area contributed by atoms with Gasteiger partial charge in [-0.05, 0) is 31.5 Å². The monoisotopic (exact) mass is 270 g/mol. The molecule has 0 unspecified atom stereocenters. The number of hydrogen-bond acceptors (Lipinski definition) is 3. The summed E-state index contributed by atoms with van der Waals surface area (Å²) in [6, 6.07) is 11.7. The van der Waals surface area contributed by atoms with Gasteiger partial charge in [0.05, 0.1) is 5.69 Å². The van der Waals surface area contributed by atoms with Crippen molar-refractivity contribution >= 4 is 5.91 Å². The Hall–Kier alpha value is -2.14. The van der Waals surface area contributed by atoms with Gasteiger partial charge in [-0.25, -0.2) is 4.68 Å². The van der Waals surface area contributed by atoms with Crippen molar-refractivity contribution < 1.29 is 4.79 Å². The van der Waals surface area contributed by atoms with Gasteiger partial charge in [0.1, 0.15) is 0 Å². The Morgan fingerprint density at radius 1 is 1.35 bits per heavy atom. The summed E-state index contributed by atoms with van der Waals surface area (Å²) >= 11 is 0. The first-order valence-corrected chi connectivity index (χ1v) is 6.82. The maximum Gasteiger partial charge on any atom is 0.274 e. The van der Waals surface area contributed by atoms with Crippen LogP contribution in [0.25, 0.3) is 5.69 Å². The van der Waals surface area contributed by atoms with E-state index in [-0.39, 0.29) is 11.9 Å². The molecule has 1 atom stereocenters. The normalized spacial score (nSPS) is 18.5. The van der Waals surface area contributed by atoms with E-state index in [0.717, 1.165) is 24.3 Å². The van der Waals surface area contributed by atoms with E-state index in [1.54, 1.807) is 9.58 Å². The largest absolute Gasteiger partial charge is 0.336 e. The number of rotatable bonds is 2. The Kier molecular flexibility index (Phi) is 3.28. The second kappa shape index (κ2) is 5.09. The van der Waals surface area contributed by atoms with Crippen LogP contribution < -0.4 is 5.73 Å². The van der Waals surface area contributed by atoms with E-state index in [4.69, 9.17) is 5.73 Å². The minimum atomic E-state index is -0.0317. The molecule has 1 fully saturated rings. The maximum atomic E-state index is 12.4. The van der Waals surface area contributed by atoms with E-state index < -0.39 is 0 Å². The Labute approximate surface area is 118 Å². The Balaban J connectivity index is 1.87. The molecule has 0 bridgehead atoms. The molecule has 1 saturated heterocycles. The number of nitrogens with two attached hydrogens (primary N) is 1. The lowest BCUT2D eigenvalue weighted by Crippen LogP contribution is -2.32. The van der Waals surface area contributed by atoms with Crippen molar-refractivity contribution in [3.8, 4) is 5.69 Å². The number of carbonyl (C=O) groups is 1. The van der Waals surface area contributed by atoms with Gasteiger partial charge in [-0.1, -0.05) is 18.2 Å². The van der Waals surface area contributed by atoms with Gasteiger partial charge in [0.2, 0.25) is 0 Å². The topological polar surface area (TPSA) is 64.2 Å².